The second kappa shape index (κ2) is 7.75. The monoisotopic (exact) mass is 247 g/mol. The molecule has 4 heteroatoms. The van der Waals surface area contributed by atoms with Crippen molar-refractivity contribution in [2.24, 2.45) is 4.99 Å². The standard InChI is InChI=1S/C13H17N3S/c1-3-4-5-11-6-8-12(9-7-11)16-13(17-2)15-10-14/h6-9H,3-5H2,1-2H3,(H,15,16). The molecule has 0 unspecified atom stereocenters. The van der Waals surface area contributed by atoms with E-state index < -0.39 is 0 Å². The van der Waals surface area contributed by atoms with E-state index in [9.17, 15) is 0 Å². The maximum absolute atomic E-state index is 8.53. The van der Waals surface area contributed by atoms with Crippen molar-refractivity contribution in [1.29, 1.82) is 5.26 Å². The third-order valence-electron chi connectivity index (χ3n) is 2.34. The fourth-order valence-corrected chi connectivity index (χ4v) is 1.75. The highest BCUT2D eigenvalue weighted by atomic mass is 32.2. The van der Waals surface area contributed by atoms with E-state index in [1.165, 1.54) is 30.2 Å². The largest absolute Gasteiger partial charge is 0.271 e. The Labute approximate surface area is 107 Å². The molecule has 1 aromatic rings. The number of hydrogen-bond donors (Lipinski definition) is 1. The molecule has 90 valence electrons. The Hall–Kier alpha value is -1.47. The molecule has 0 bridgehead atoms. The second-order valence-corrected chi connectivity index (χ2v) is 4.42. The Morgan fingerprint density at radius 2 is 2.12 bits per heavy atom. The van der Waals surface area contributed by atoms with Crippen LogP contribution in [0.2, 0.25) is 0 Å². The van der Waals surface area contributed by atoms with Gasteiger partial charge in [-0.15, -0.1) is 0 Å². The second-order valence-electron chi connectivity index (χ2n) is 3.63. The lowest BCUT2D eigenvalue weighted by atomic mass is 10.1. The van der Waals surface area contributed by atoms with Gasteiger partial charge in [-0.2, -0.15) is 5.26 Å². The van der Waals surface area contributed by atoms with E-state index in [2.05, 4.69) is 29.4 Å². The van der Waals surface area contributed by atoms with Crippen LogP contribution in [0, 0.1) is 11.5 Å². The zero-order chi connectivity index (χ0) is 12.5. The number of hydrogen-bond acceptors (Lipinski definition) is 3. The van der Waals surface area contributed by atoms with Crippen LogP contribution < -0.4 is 5.32 Å². The van der Waals surface area contributed by atoms with Crippen LogP contribution in [0.25, 0.3) is 0 Å². The predicted octanol–water partition coefficient (Wildman–Crippen LogP) is 3.45. The van der Waals surface area contributed by atoms with E-state index in [1.807, 2.05) is 24.6 Å². The zero-order valence-corrected chi connectivity index (χ0v) is 11.0. The van der Waals surface area contributed by atoms with Gasteiger partial charge in [-0.25, -0.2) is 4.99 Å². The minimum Gasteiger partial charge on any atom is -0.271 e. The third-order valence-corrected chi connectivity index (χ3v) is 2.92. The Morgan fingerprint density at radius 3 is 2.65 bits per heavy atom. The van der Waals surface area contributed by atoms with Gasteiger partial charge >= 0.3 is 0 Å². The van der Waals surface area contributed by atoms with Crippen molar-refractivity contribution in [3.05, 3.63) is 29.8 Å². The number of aliphatic imine (C=N–C) groups is 1. The highest BCUT2D eigenvalue weighted by Crippen LogP contribution is 2.16. The van der Waals surface area contributed by atoms with Gasteiger partial charge in [0, 0.05) is 0 Å². The first kappa shape index (κ1) is 13.6. The van der Waals surface area contributed by atoms with Gasteiger partial charge in [-0.1, -0.05) is 37.2 Å². The number of unbranched alkanes of at least 4 members (excludes halogenated alkanes) is 1. The first-order chi connectivity index (χ1) is 8.30. The van der Waals surface area contributed by atoms with Gasteiger partial charge in [-0.3, -0.25) is 5.32 Å². The number of aryl methyl sites for hydroxylation is 1. The molecule has 1 rings (SSSR count). The van der Waals surface area contributed by atoms with E-state index in [1.54, 1.807) is 0 Å². The van der Waals surface area contributed by atoms with Crippen molar-refractivity contribution in [3.8, 4) is 6.19 Å². The number of nitriles is 1. The Balaban J connectivity index is 2.70. The third kappa shape index (κ3) is 4.92. The molecule has 0 fully saturated rings. The molecule has 0 amide bonds. The van der Waals surface area contributed by atoms with Gasteiger partial charge in [-0.05, 0) is 36.8 Å². The summed E-state index contributed by atoms with van der Waals surface area (Å²) in [5.41, 5.74) is 2.21. The summed E-state index contributed by atoms with van der Waals surface area (Å²) in [6.45, 7) is 2.19. The maximum Gasteiger partial charge on any atom is 0.183 e. The average Bonchev–Trinajstić information content (AvgIpc) is 2.37. The molecule has 1 aromatic carbocycles. The van der Waals surface area contributed by atoms with Crippen molar-refractivity contribution in [1.82, 2.24) is 5.32 Å². The minimum atomic E-state index is 0.619. The Bertz CT molecular complexity index is 404. The van der Waals surface area contributed by atoms with Crippen LogP contribution in [0.15, 0.2) is 29.3 Å². The number of nitrogens with zero attached hydrogens (tertiary/aromatic N) is 2. The quantitative estimate of drug-likeness (QED) is 0.384. The fourth-order valence-electron chi connectivity index (χ4n) is 1.41. The van der Waals surface area contributed by atoms with Gasteiger partial charge < -0.3 is 0 Å². The molecule has 1 N–H and O–H groups in total. The van der Waals surface area contributed by atoms with Crippen LogP contribution in [0.1, 0.15) is 25.3 Å². The van der Waals surface area contributed by atoms with Crippen LogP contribution in [0.3, 0.4) is 0 Å². The molecular formula is C13H17N3S. The molecule has 0 spiro atoms. The summed E-state index contributed by atoms with van der Waals surface area (Å²) in [6, 6.07) is 8.16. The normalized spacial score (nSPS) is 11.0. The molecule has 0 saturated carbocycles. The van der Waals surface area contributed by atoms with E-state index in [0.29, 0.717) is 5.17 Å². The number of benzene rings is 1. The maximum atomic E-state index is 8.53. The van der Waals surface area contributed by atoms with Crippen molar-refractivity contribution < 1.29 is 0 Å². The summed E-state index contributed by atoms with van der Waals surface area (Å²) in [5, 5.41) is 11.7. The van der Waals surface area contributed by atoms with Crippen molar-refractivity contribution in [2.45, 2.75) is 26.2 Å². The number of rotatable bonds is 4. The molecule has 0 aromatic heterocycles. The average molecular weight is 247 g/mol. The Kier molecular flexibility index (Phi) is 6.19. The van der Waals surface area contributed by atoms with Crippen LogP contribution in [0.5, 0.6) is 0 Å². The number of amidine groups is 1. The van der Waals surface area contributed by atoms with Crippen LogP contribution in [-0.2, 0) is 6.42 Å². The van der Waals surface area contributed by atoms with Gasteiger partial charge in [0.15, 0.2) is 11.4 Å². The van der Waals surface area contributed by atoms with Crippen LogP contribution >= 0.6 is 11.8 Å². The summed E-state index contributed by atoms with van der Waals surface area (Å²) in [6.07, 6.45) is 7.31. The van der Waals surface area contributed by atoms with Gasteiger partial charge in [0.2, 0.25) is 0 Å². The van der Waals surface area contributed by atoms with E-state index in [0.717, 1.165) is 12.1 Å². The highest BCUT2D eigenvalue weighted by Gasteiger charge is 1.97. The lowest BCUT2D eigenvalue weighted by Gasteiger charge is -2.02. The first-order valence-corrected chi connectivity index (χ1v) is 6.89. The molecule has 0 saturated heterocycles. The summed E-state index contributed by atoms with van der Waals surface area (Å²) < 4.78 is 0. The SMILES string of the molecule is CCCCc1ccc(N=C(NC#N)SC)cc1. The van der Waals surface area contributed by atoms with Gasteiger partial charge in [0.1, 0.15) is 0 Å². The molecule has 0 heterocycles. The highest BCUT2D eigenvalue weighted by molar-refractivity contribution is 8.13. The summed E-state index contributed by atoms with van der Waals surface area (Å²) in [7, 11) is 0. The van der Waals surface area contributed by atoms with Gasteiger partial charge in [0.05, 0.1) is 5.69 Å². The molecule has 0 radical (unpaired) electrons. The summed E-state index contributed by atoms with van der Waals surface area (Å²) in [5.74, 6) is 0. The molecule has 0 aliphatic rings. The molecule has 17 heavy (non-hydrogen) atoms. The fraction of sp³-hybridized carbons (Fsp3) is 0.385. The molecule has 0 atom stereocenters. The van der Waals surface area contributed by atoms with Crippen molar-refractivity contribution in [2.75, 3.05) is 6.26 Å². The predicted molar refractivity (Wildman–Crippen MR) is 74.4 cm³/mol. The molecule has 0 aliphatic heterocycles. The molecule has 0 aliphatic carbocycles. The lowest BCUT2D eigenvalue weighted by molar-refractivity contribution is 0.795. The summed E-state index contributed by atoms with van der Waals surface area (Å²) >= 11 is 1.42. The lowest BCUT2D eigenvalue weighted by Crippen LogP contribution is -2.12. The number of thioether (sulfide) groups is 1. The smallest absolute Gasteiger partial charge is 0.183 e. The van der Waals surface area contributed by atoms with Crippen LogP contribution in [0.4, 0.5) is 5.69 Å². The number of nitrogens with one attached hydrogen (secondary N) is 1. The van der Waals surface area contributed by atoms with Crippen molar-refractivity contribution >= 4 is 22.6 Å². The molecular weight excluding hydrogens is 230 g/mol. The van der Waals surface area contributed by atoms with E-state index >= 15 is 0 Å². The van der Waals surface area contributed by atoms with Crippen LogP contribution in [-0.4, -0.2) is 11.4 Å². The minimum absolute atomic E-state index is 0.619. The van der Waals surface area contributed by atoms with E-state index in [-0.39, 0.29) is 0 Å². The van der Waals surface area contributed by atoms with Gasteiger partial charge in [0.25, 0.3) is 0 Å². The summed E-state index contributed by atoms with van der Waals surface area (Å²) in [4.78, 5) is 4.33. The topological polar surface area (TPSA) is 48.2 Å². The van der Waals surface area contributed by atoms with Crippen molar-refractivity contribution in [3.63, 3.8) is 0 Å². The zero-order valence-electron chi connectivity index (χ0n) is 10.2. The Morgan fingerprint density at radius 1 is 1.41 bits per heavy atom. The first-order valence-electron chi connectivity index (χ1n) is 5.67. The van der Waals surface area contributed by atoms with E-state index in [4.69, 9.17) is 5.26 Å². The molecule has 3 nitrogen and oxygen atoms in total.